The van der Waals surface area contributed by atoms with Gasteiger partial charge < -0.3 is 10.2 Å². The number of aliphatic hydroxyl groups is 2. The first-order valence-electron chi connectivity index (χ1n) is 11.8. The zero-order valence-electron chi connectivity index (χ0n) is 18.1. The summed E-state index contributed by atoms with van der Waals surface area (Å²) in [6.45, 7) is 10.2. The molecule has 2 nitrogen and oxygen atoms in total. The van der Waals surface area contributed by atoms with E-state index in [9.17, 15) is 10.2 Å². The molecule has 8 unspecified atom stereocenters. The van der Waals surface area contributed by atoms with Crippen LogP contribution in [0.1, 0.15) is 91.9 Å². The van der Waals surface area contributed by atoms with Gasteiger partial charge in [0.05, 0.1) is 6.10 Å². The van der Waals surface area contributed by atoms with Crippen LogP contribution in [0.15, 0.2) is 11.1 Å². The molecule has 4 aliphatic rings. The van der Waals surface area contributed by atoms with E-state index in [4.69, 9.17) is 0 Å². The Balaban J connectivity index is 1.62. The summed E-state index contributed by atoms with van der Waals surface area (Å²) in [4.78, 5) is 0. The molecule has 2 saturated carbocycles. The molecule has 8 atom stereocenters. The fraction of sp³-hybridized carbons (Fsp3) is 0.920. The van der Waals surface area contributed by atoms with Gasteiger partial charge >= 0.3 is 0 Å². The van der Waals surface area contributed by atoms with Gasteiger partial charge in [0.15, 0.2) is 0 Å². The lowest BCUT2D eigenvalue weighted by Crippen LogP contribution is -2.49. The van der Waals surface area contributed by atoms with E-state index in [0.29, 0.717) is 29.3 Å². The summed E-state index contributed by atoms with van der Waals surface area (Å²) in [6, 6.07) is 0. The molecule has 0 aromatic rings. The smallest absolute Gasteiger partial charge is 0.0569 e. The van der Waals surface area contributed by atoms with Crippen molar-refractivity contribution in [1.29, 1.82) is 0 Å². The highest BCUT2D eigenvalue weighted by Crippen LogP contribution is 2.66. The molecule has 4 rings (SSSR count). The molecule has 0 aromatic heterocycles. The molecule has 27 heavy (non-hydrogen) atoms. The van der Waals surface area contributed by atoms with Crippen molar-refractivity contribution in [1.82, 2.24) is 0 Å². The Bertz CT molecular complexity index is 595. The van der Waals surface area contributed by atoms with E-state index < -0.39 is 0 Å². The van der Waals surface area contributed by atoms with Gasteiger partial charge in [-0.1, -0.05) is 38.8 Å². The maximum Gasteiger partial charge on any atom is 0.0569 e. The number of rotatable bonds is 4. The number of fused-ring (bicyclic) bond motifs is 4. The van der Waals surface area contributed by atoms with Gasteiger partial charge in [-0.3, -0.25) is 0 Å². The van der Waals surface area contributed by atoms with Crippen molar-refractivity contribution >= 4 is 0 Å². The van der Waals surface area contributed by atoms with Crippen LogP contribution >= 0.6 is 0 Å². The highest BCUT2D eigenvalue weighted by molar-refractivity contribution is 5.34. The summed E-state index contributed by atoms with van der Waals surface area (Å²) in [5, 5.41) is 19.7. The monoisotopic (exact) mass is 374 g/mol. The van der Waals surface area contributed by atoms with E-state index in [0.717, 1.165) is 30.6 Å². The molecule has 0 saturated heterocycles. The Morgan fingerprint density at radius 2 is 1.85 bits per heavy atom. The first kappa shape index (κ1) is 20.0. The van der Waals surface area contributed by atoms with Crippen LogP contribution in [0, 0.1) is 40.4 Å². The van der Waals surface area contributed by atoms with Gasteiger partial charge in [0.2, 0.25) is 0 Å². The fourth-order valence-electron chi connectivity index (χ4n) is 8.50. The summed E-state index contributed by atoms with van der Waals surface area (Å²) >= 11 is 0. The van der Waals surface area contributed by atoms with Gasteiger partial charge in [0, 0.05) is 6.61 Å². The van der Waals surface area contributed by atoms with E-state index in [1.165, 1.54) is 51.4 Å². The average molecular weight is 375 g/mol. The Morgan fingerprint density at radius 1 is 1.07 bits per heavy atom. The maximum atomic E-state index is 10.5. The van der Waals surface area contributed by atoms with Gasteiger partial charge in [-0.15, -0.1) is 0 Å². The number of hydrogen-bond acceptors (Lipinski definition) is 2. The Kier molecular flexibility index (Phi) is 5.30. The van der Waals surface area contributed by atoms with Gasteiger partial charge in [0.25, 0.3) is 0 Å². The molecule has 0 aromatic carbocycles. The van der Waals surface area contributed by atoms with E-state index in [1.54, 1.807) is 0 Å². The lowest BCUT2D eigenvalue weighted by molar-refractivity contribution is -0.0336. The van der Waals surface area contributed by atoms with Crippen LogP contribution in [0.4, 0.5) is 0 Å². The van der Waals surface area contributed by atoms with E-state index in [-0.39, 0.29) is 6.10 Å². The Labute approximate surface area is 166 Å². The molecular weight excluding hydrogens is 332 g/mol. The molecule has 0 spiro atoms. The van der Waals surface area contributed by atoms with Crippen LogP contribution in [0.2, 0.25) is 0 Å². The summed E-state index contributed by atoms with van der Waals surface area (Å²) < 4.78 is 0. The second-order valence-electron chi connectivity index (χ2n) is 11.1. The number of aliphatic hydroxyl groups excluding tert-OH is 2. The molecule has 0 heterocycles. The van der Waals surface area contributed by atoms with Crippen LogP contribution in [0.25, 0.3) is 0 Å². The lowest BCUT2D eigenvalue weighted by atomic mass is 9.49. The summed E-state index contributed by atoms with van der Waals surface area (Å²) in [7, 11) is 0. The normalized spacial score (nSPS) is 48.0. The van der Waals surface area contributed by atoms with Crippen LogP contribution < -0.4 is 0 Å². The van der Waals surface area contributed by atoms with Crippen LogP contribution in [-0.2, 0) is 0 Å². The predicted molar refractivity (Wildman–Crippen MR) is 111 cm³/mol. The van der Waals surface area contributed by atoms with Crippen LogP contribution in [0.5, 0.6) is 0 Å². The first-order chi connectivity index (χ1) is 12.8. The van der Waals surface area contributed by atoms with Crippen molar-refractivity contribution in [2.24, 2.45) is 40.4 Å². The minimum absolute atomic E-state index is 0.0812. The molecule has 0 radical (unpaired) electrons. The van der Waals surface area contributed by atoms with E-state index in [2.05, 4.69) is 27.7 Å². The third-order valence-corrected chi connectivity index (χ3v) is 10.1. The second kappa shape index (κ2) is 7.17. The highest BCUT2D eigenvalue weighted by Gasteiger charge is 2.56. The maximum absolute atomic E-state index is 10.5. The average Bonchev–Trinajstić information content (AvgIpc) is 3.00. The topological polar surface area (TPSA) is 40.5 Å². The highest BCUT2D eigenvalue weighted by atomic mass is 16.3. The SMILES string of the molecule is CC(CCCO)C1CCC2C3=C(CCC21C)C1(C)CCC(O)C(C)C1CC3. The first-order valence-corrected chi connectivity index (χ1v) is 11.8. The molecule has 2 fully saturated rings. The molecule has 0 amide bonds. The standard InChI is InChI=1S/C25H42O2/c1-16(6-5-15-26)19-9-10-21-18-7-8-20-17(2)23(27)12-14-25(20,4)22(18)11-13-24(19,21)3/h16-17,19-21,23,26-27H,5-15H2,1-4H3. The molecular formula is C25H42O2. The molecule has 0 aliphatic heterocycles. The third-order valence-electron chi connectivity index (χ3n) is 10.1. The fourth-order valence-corrected chi connectivity index (χ4v) is 8.50. The summed E-state index contributed by atoms with van der Waals surface area (Å²) in [5.41, 5.74) is 4.54. The summed E-state index contributed by atoms with van der Waals surface area (Å²) in [6.07, 6.45) is 12.3. The van der Waals surface area contributed by atoms with Gasteiger partial charge in [0.1, 0.15) is 0 Å². The van der Waals surface area contributed by atoms with Crippen LogP contribution in [0.3, 0.4) is 0 Å². The molecule has 154 valence electrons. The minimum atomic E-state index is -0.0812. The predicted octanol–water partition coefficient (Wildman–Crippen LogP) is 5.73. The Hall–Kier alpha value is -0.340. The van der Waals surface area contributed by atoms with Crippen molar-refractivity contribution in [3.05, 3.63) is 11.1 Å². The second-order valence-corrected chi connectivity index (χ2v) is 11.1. The van der Waals surface area contributed by atoms with Gasteiger partial charge in [-0.05, 0) is 105 Å². The quantitative estimate of drug-likeness (QED) is 0.617. The van der Waals surface area contributed by atoms with E-state index in [1.807, 2.05) is 11.1 Å². The van der Waals surface area contributed by atoms with Crippen LogP contribution in [-0.4, -0.2) is 22.9 Å². The van der Waals surface area contributed by atoms with Crippen molar-refractivity contribution in [3.8, 4) is 0 Å². The van der Waals surface area contributed by atoms with Crippen molar-refractivity contribution in [2.45, 2.75) is 98.0 Å². The largest absolute Gasteiger partial charge is 0.396 e. The van der Waals surface area contributed by atoms with Gasteiger partial charge in [-0.2, -0.15) is 0 Å². The minimum Gasteiger partial charge on any atom is -0.396 e. The third kappa shape index (κ3) is 2.96. The van der Waals surface area contributed by atoms with Gasteiger partial charge in [-0.25, -0.2) is 0 Å². The van der Waals surface area contributed by atoms with Crippen molar-refractivity contribution < 1.29 is 10.2 Å². The lowest BCUT2D eigenvalue weighted by Gasteiger charge is -2.56. The molecule has 4 aliphatic carbocycles. The molecule has 2 N–H and O–H groups in total. The Morgan fingerprint density at radius 3 is 2.59 bits per heavy atom. The van der Waals surface area contributed by atoms with E-state index >= 15 is 0 Å². The molecule has 0 bridgehead atoms. The summed E-state index contributed by atoms with van der Waals surface area (Å²) in [5.74, 6) is 3.53. The zero-order valence-corrected chi connectivity index (χ0v) is 18.1. The number of allylic oxidation sites excluding steroid dienone is 2. The molecule has 2 heteroatoms. The number of hydrogen-bond donors (Lipinski definition) is 2. The zero-order chi connectivity index (χ0) is 19.4. The van der Waals surface area contributed by atoms with Crippen molar-refractivity contribution in [3.63, 3.8) is 0 Å². The van der Waals surface area contributed by atoms with Crippen molar-refractivity contribution in [2.75, 3.05) is 6.61 Å².